The number of nitrogens with two attached hydrogens (primary N) is 1. The van der Waals surface area contributed by atoms with Gasteiger partial charge in [-0.1, -0.05) is 18.2 Å². The molecule has 0 aliphatic rings. The van der Waals surface area contributed by atoms with E-state index in [1.165, 1.54) is 4.88 Å². The molecule has 1 aromatic heterocycles. The Morgan fingerprint density at radius 2 is 1.94 bits per heavy atom. The maximum atomic E-state index is 5.79. The first-order valence-electron chi connectivity index (χ1n) is 5.10. The van der Waals surface area contributed by atoms with E-state index in [1.54, 1.807) is 11.3 Å². The summed E-state index contributed by atoms with van der Waals surface area (Å²) in [6, 6.07) is 13.8. The van der Waals surface area contributed by atoms with Gasteiger partial charge in [-0.25, -0.2) is 4.99 Å². The Morgan fingerprint density at radius 3 is 2.56 bits per heavy atom. The number of thiophene rings is 1. The van der Waals surface area contributed by atoms with Crippen LogP contribution in [0.25, 0.3) is 0 Å². The Kier molecular flexibility index (Phi) is 6.66. The number of guanidine groups is 1. The highest BCUT2D eigenvalue weighted by Crippen LogP contribution is 2.22. The summed E-state index contributed by atoms with van der Waals surface area (Å²) in [5, 5.41) is 3.04. The zero-order chi connectivity index (χ0) is 12.1. The number of benzene rings is 1. The Bertz CT molecular complexity index is 513. The van der Waals surface area contributed by atoms with E-state index >= 15 is 0 Å². The van der Waals surface area contributed by atoms with Crippen LogP contribution in [0.2, 0.25) is 0 Å². The fourth-order valence-electron chi connectivity index (χ4n) is 1.31. The molecule has 0 saturated carbocycles. The predicted octanol–water partition coefficient (Wildman–Crippen LogP) is 4.06. The molecule has 0 atom stereocenters. The summed E-state index contributed by atoms with van der Waals surface area (Å²) in [5.41, 5.74) is 6.74. The van der Waals surface area contributed by atoms with E-state index in [1.807, 2.05) is 42.5 Å². The number of nitrogens with one attached hydrogen (secondary N) is 1. The molecule has 2 aromatic rings. The molecule has 2 rings (SSSR count). The smallest absolute Gasteiger partial charge is 0.193 e. The zero-order valence-corrected chi connectivity index (χ0v) is 14.2. The van der Waals surface area contributed by atoms with Crippen LogP contribution in [0, 0.1) is 0 Å². The molecular formula is C12H13BrIN3S. The number of nitrogens with zero attached hydrogens (tertiary/aromatic N) is 1. The lowest BCUT2D eigenvalue weighted by Crippen LogP contribution is -2.22. The van der Waals surface area contributed by atoms with Crippen LogP contribution in [0.3, 0.4) is 0 Å². The fraction of sp³-hybridized carbons (Fsp3) is 0.0833. The van der Waals surface area contributed by atoms with Crippen molar-refractivity contribution in [2.24, 2.45) is 10.7 Å². The Labute approximate surface area is 136 Å². The number of anilines is 1. The first-order chi connectivity index (χ1) is 8.24. The summed E-state index contributed by atoms with van der Waals surface area (Å²) >= 11 is 5.08. The molecule has 0 saturated heterocycles. The summed E-state index contributed by atoms with van der Waals surface area (Å²) in [5.74, 6) is 0.431. The summed E-state index contributed by atoms with van der Waals surface area (Å²) in [4.78, 5) is 5.45. The van der Waals surface area contributed by atoms with Crippen LogP contribution in [-0.2, 0) is 6.54 Å². The molecule has 3 N–H and O–H groups in total. The summed E-state index contributed by atoms with van der Waals surface area (Å²) in [6.07, 6.45) is 0. The lowest BCUT2D eigenvalue weighted by atomic mass is 10.3. The first kappa shape index (κ1) is 15.5. The van der Waals surface area contributed by atoms with Crippen molar-refractivity contribution < 1.29 is 0 Å². The highest BCUT2D eigenvalue weighted by Gasteiger charge is 1.97. The lowest BCUT2D eigenvalue weighted by molar-refractivity contribution is 1.09. The van der Waals surface area contributed by atoms with Crippen molar-refractivity contribution in [3.63, 3.8) is 0 Å². The SMILES string of the molecule is I.NC(=NCc1ccc(Br)s1)Nc1ccccc1. The van der Waals surface area contributed by atoms with E-state index < -0.39 is 0 Å². The third-order valence-electron chi connectivity index (χ3n) is 2.08. The largest absolute Gasteiger partial charge is 0.370 e. The van der Waals surface area contributed by atoms with Crippen LogP contribution in [0.5, 0.6) is 0 Å². The van der Waals surface area contributed by atoms with Gasteiger partial charge in [0.2, 0.25) is 0 Å². The fourth-order valence-corrected chi connectivity index (χ4v) is 2.72. The maximum Gasteiger partial charge on any atom is 0.193 e. The van der Waals surface area contributed by atoms with Crippen LogP contribution >= 0.6 is 51.2 Å². The van der Waals surface area contributed by atoms with Gasteiger partial charge in [0.25, 0.3) is 0 Å². The van der Waals surface area contributed by atoms with Crippen LogP contribution in [0.4, 0.5) is 5.69 Å². The molecule has 0 amide bonds. The Hall–Kier alpha value is -0.600. The van der Waals surface area contributed by atoms with Crippen LogP contribution in [-0.4, -0.2) is 5.96 Å². The van der Waals surface area contributed by atoms with E-state index in [2.05, 4.69) is 26.2 Å². The van der Waals surface area contributed by atoms with Gasteiger partial charge in [-0.2, -0.15) is 0 Å². The minimum absolute atomic E-state index is 0. The van der Waals surface area contributed by atoms with E-state index in [0.717, 1.165) is 9.47 Å². The highest BCUT2D eigenvalue weighted by atomic mass is 127. The van der Waals surface area contributed by atoms with Crippen LogP contribution in [0.1, 0.15) is 4.88 Å². The minimum atomic E-state index is 0. The van der Waals surface area contributed by atoms with Crippen molar-refractivity contribution >= 4 is 62.9 Å². The predicted molar refractivity (Wildman–Crippen MR) is 92.8 cm³/mol. The molecule has 18 heavy (non-hydrogen) atoms. The number of aliphatic imine (C=N–C) groups is 1. The third kappa shape index (κ3) is 4.95. The second-order valence-corrected chi connectivity index (χ2v) is 5.95. The second-order valence-electron chi connectivity index (χ2n) is 3.40. The van der Waals surface area contributed by atoms with Crippen molar-refractivity contribution in [2.45, 2.75) is 6.54 Å². The van der Waals surface area contributed by atoms with Crippen molar-refractivity contribution in [3.8, 4) is 0 Å². The molecule has 0 unspecified atom stereocenters. The number of hydrogen-bond acceptors (Lipinski definition) is 2. The Morgan fingerprint density at radius 1 is 1.22 bits per heavy atom. The molecule has 1 heterocycles. The van der Waals surface area contributed by atoms with E-state index in [0.29, 0.717) is 12.5 Å². The highest BCUT2D eigenvalue weighted by molar-refractivity contribution is 14.0. The molecule has 0 fully saturated rings. The van der Waals surface area contributed by atoms with Crippen molar-refractivity contribution in [1.29, 1.82) is 0 Å². The van der Waals surface area contributed by atoms with Gasteiger partial charge in [-0.3, -0.25) is 0 Å². The van der Waals surface area contributed by atoms with Crippen LogP contribution < -0.4 is 11.1 Å². The number of para-hydroxylation sites is 1. The third-order valence-corrected chi connectivity index (χ3v) is 3.69. The molecule has 0 spiro atoms. The molecule has 1 aromatic carbocycles. The van der Waals surface area contributed by atoms with Crippen molar-refractivity contribution in [2.75, 3.05) is 5.32 Å². The number of hydrogen-bond donors (Lipinski definition) is 2. The van der Waals surface area contributed by atoms with Gasteiger partial charge in [0.05, 0.1) is 10.3 Å². The molecule has 0 aliphatic carbocycles. The van der Waals surface area contributed by atoms with Gasteiger partial charge in [0.1, 0.15) is 0 Å². The lowest BCUT2D eigenvalue weighted by Gasteiger charge is -2.04. The zero-order valence-electron chi connectivity index (χ0n) is 9.47. The van der Waals surface area contributed by atoms with E-state index in [9.17, 15) is 0 Å². The summed E-state index contributed by atoms with van der Waals surface area (Å²) < 4.78 is 1.11. The normalized spacial score (nSPS) is 10.8. The van der Waals surface area contributed by atoms with Gasteiger partial charge in [0, 0.05) is 10.6 Å². The molecule has 3 nitrogen and oxygen atoms in total. The number of rotatable bonds is 3. The minimum Gasteiger partial charge on any atom is -0.370 e. The average Bonchev–Trinajstić information content (AvgIpc) is 2.74. The molecule has 0 bridgehead atoms. The van der Waals surface area contributed by atoms with Gasteiger partial charge in [-0.05, 0) is 40.2 Å². The summed E-state index contributed by atoms with van der Waals surface area (Å²) in [7, 11) is 0. The standard InChI is InChI=1S/C12H12BrN3S.HI/c13-11-7-6-10(17-11)8-15-12(14)16-9-4-2-1-3-5-9;/h1-7H,8H2,(H3,14,15,16);1H. The van der Waals surface area contributed by atoms with Crippen molar-refractivity contribution in [3.05, 3.63) is 51.1 Å². The van der Waals surface area contributed by atoms with Crippen molar-refractivity contribution in [1.82, 2.24) is 0 Å². The number of halogens is 2. The molecule has 0 aliphatic heterocycles. The first-order valence-corrected chi connectivity index (χ1v) is 6.71. The molecule has 6 heteroatoms. The van der Waals surface area contributed by atoms with Gasteiger partial charge in [-0.15, -0.1) is 35.3 Å². The molecular weight excluding hydrogens is 425 g/mol. The molecule has 0 radical (unpaired) electrons. The average molecular weight is 438 g/mol. The van der Waals surface area contributed by atoms with Gasteiger partial charge in [0.15, 0.2) is 5.96 Å². The van der Waals surface area contributed by atoms with Gasteiger partial charge < -0.3 is 11.1 Å². The van der Waals surface area contributed by atoms with E-state index in [4.69, 9.17) is 5.73 Å². The maximum absolute atomic E-state index is 5.79. The topological polar surface area (TPSA) is 50.4 Å². The van der Waals surface area contributed by atoms with Gasteiger partial charge >= 0.3 is 0 Å². The van der Waals surface area contributed by atoms with E-state index in [-0.39, 0.29) is 24.0 Å². The van der Waals surface area contributed by atoms with Crippen LogP contribution in [0.15, 0.2) is 51.2 Å². The Balaban J connectivity index is 0.00000162. The molecule has 96 valence electrons. The summed E-state index contributed by atoms with van der Waals surface area (Å²) in [6.45, 7) is 0.599. The monoisotopic (exact) mass is 437 g/mol. The quantitative estimate of drug-likeness (QED) is 0.432. The second kappa shape index (κ2) is 7.75.